The molecule has 0 radical (unpaired) electrons. The van der Waals surface area contributed by atoms with E-state index in [-0.39, 0.29) is 42.4 Å². The van der Waals surface area contributed by atoms with Gasteiger partial charge in [-0.2, -0.15) is 0 Å². The van der Waals surface area contributed by atoms with E-state index in [0.717, 1.165) is 0 Å². The van der Waals surface area contributed by atoms with Crippen LogP contribution in [0.5, 0.6) is 0 Å². The lowest BCUT2D eigenvalue weighted by Crippen LogP contribution is -2.50. The predicted molar refractivity (Wildman–Crippen MR) is 123 cm³/mol. The average molecular weight is 467 g/mol. The van der Waals surface area contributed by atoms with Crippen molar-refractivity contribution in [2.75, 3.05) is 45.8 Å². The molecule has 1 fully saturated rings. The molecule has 2 heterocycles. The van der Waals surface area contributed by atoms with Gasteiger partial charge in [-0.1, -0.05) is 12.1 Å². The predicted octanol–water partition coefficient (Wildman–Crippen LogP) is 1.78. The smallest absolute Gasteiger partial charge is 0.261 e. The highest BCUT2D eigenvalue weighted by molar-refractivity contribution is 6.21. The molecule has 34 heavy (non-hydrogen) atoms. The Morgan fingerprint density at radius 2 is 1.47 bits per heavy atom. The van der Waals surface area contributed by atoms with Crippen molar-refractivity contribution < 1.29 is 23.6 Å². The Morgan fingerprint density at radius 1 is 0.853 bits per heavy atom. The molecule has 0 bridgehead atoms. The van der Waals surface area contributed by atoms with Crippen molar-refractivity contribution in [2.45, 2.75) is 12.8 Å². The largest absolute Gasteiger partial charge is 0.351 e. The zero-order chi connectivity index (χ0) is 24.1. The maximum absolute atomic E-state index is 13.0. The summed E-state index contributed by atoms with van der Waals surface area (Å²) >= 11 is 0. The summed E-state index contributed by atoms with van der Waals surface area (Å²) in [6.07, 6.45) is 0.709. The third kappa shape index (κ3) is 5.31. The molecule has 2 aliphatic rings. The highest BCUT2D eigenvalue weighted by Gasteiger charge is 2.34. The van der Waals surface area contributed by atoms with Crippen LogP contribution < -0.4 is 5.32 Å². The number of amides is 4. The molecule has 1 saturated heterocycles. The lowest BCUT2D eigenvalue weighted by molar-refractivity contribution is -0.133. The third-order valence-electron chi connectivity index (χ3n) is 6.20. The summed E-state index contributed by atoms with van der Waals surface area (Å²) in [4.78, 5) is 54.7. The van der Waals surface area contributed by atoms with Crippen LogP contribution in [0.2, 0.25) is 0 Å². The molecule has 9 heteroatoms. The number of fused-ring (bicyclic) bond motifs is 1. The van der Waals surface area contributed by atoms with Crippen molar-refractivity contribution in [2.24, 2.45) is 0 Å². The number of nitrogens with zero attached hydrogens (tertiary/aromatic N) is 3. The fraction of sp³-hybridized carbons (Fsp3) is 0.360. The van der Waals surface area contributed by atoms with Crippen LogP contribution in [-0.4, -0.2) is 84.1 Å². The van der Waals surface area contributed by atoms with Gasteiger partial charge in [0.15, 0.2) is 0 Å². The molecule has 2 aliphatic heterocycles. The highest BCUT2D eigenvalue weighted by atomic mass is 19.1. The van der Waals surface area contributed by atoms with Gasteiger partial charge in [0, 0.05) is 57.8 Å². The minimum atomic E-state index is -0.382. The Labute approximate surface area is 197 Å². The van der Waals surface area contributed by atoms with E-state index < -0.39 is 0 Å². The van der Waals surface area contributed by atoms with Gasteiger partial charge in [0.05, 0.1) is 11.1 Å². The fourth-order valence-corrected chi connectivity index (χ4v) is 4.24. The van der Waals surface area contributed by atoms with E-state index in [4.69, 9.17) is 0 Å². The zero-order valence-electron chi connectivity index (χ0n) is 18.8. The first-order valence-electron chi connectivity index (χ1n) is 11.4. The number of hydrogen-bond donors (Lipinski definition) is 1. The first-order chi connectivity index (χ1) is 16.4. The van der Waals surface area contributed by atoms with Gasteiger partial charge in [-0.3, -0.25) is 29.0 Å². The number of piperazine rings is 1. The molecule has 0 saturated carbocycles. The maximum atomic E-state index is 13.0. The number of rotatable bonds is 8. The quantitative estimate of drug-likeness (QED) is 0.599. The Kier molecular flexibility index (Phi) is 7.32. The van der Waals surface area contributed by atoms with Gasteiger partial charge < -0.3 is 10.2 Å². The number of nitrogens with one attached hydrogen (secondary N) is 1. The van der Waals surface area contributed by atoms with E-state index >= 15 is 0 Å². The van der Waals surface area contributed by atoms with E-state index in [1.807, 2.05) is 0 Å². The van der Waals surface area contributed by atoms with Gasteiger partial charge in [-0.15, -0.1) is 0 Å². The standard InChI is InChI=1S/C25H27FN4O4/c26-19-9-7-18(8-10-19)23(32)27-11-13-28-14-16-29(17-15-28)22(31)6-3-12-30-24(33)20-4-1-2-5-21(20)25(30)34/h1-2,4-5,7-10H,3,6,11-17H2,(H,27,32). The molecular weight excluding hydrogens is 439 g/mol. The van der Waals surface area contributed by atoms with Crippen LogP contribution in [0.15, 0.2) is 48.5 Å². The Balaban J connectivity index is 1.13. The number of imide groups is 1. The molecule has 2 aromatic rings. The van der Waals surface area contributed by atoms with Gasteiger partial charge in [-0.05, 0) is 42.8 Å². The summed E-state index contributed by atoms with van der Waals surface area (Å²) in [7, 11) is 0. The van der Waals surface area contributed by atoms with Crippen molar-refractivity contribution >= 4 is 23.6 Å². The van der Waals surface area contributed by atoms with E-state index in [1.54, 1.807) is 29.2 Å². The molecule has 4 amide bonds. The van der Waals surface area contributed by atoms with Crippen LogP contribution in [0.1, 0.15) is 43.9 Å². The number of hydrogen-bond acceptors (Lipinski definition) is 5. The van der Waals surface area contributed by atoms with Gasteiger partial charge >= 0.3 is 0 Å². The minimum absolute atomic E-state index is 0.0147. The molecule has 8 nitrogen and oxygen atoms in total. The molecule has 0 atom stereocenters. The summed E-state index contributed by atoms with van der Waals surface area (Å²) in [6, 6.07) is 12.2. The third-order valence-corrected chi connectivity index (χ3v) is 6.20. The number of carbonyl (C=O) groups excluding carboxylic acids is 4. The molecule has 4 rings (SSSR count). The SMILES string of the molecule is O=C(NCCN1CCN(C(=O)CCCN2C(=O)c3ccccc3C2=O)CC1)c1ccc(F)cc1. The highest BCUT2D eigenvalue weighted by Crippen LogP contribution is 2.22. The van der Waals surface area contributed by atoms with Crippen molar-refractivity contribution in [1.29, 1.82) is 0 Å². The van der Waals surface area contributed by atoms with Gasteiger partial charge in [-0.25, -0.2) is 4.39 Å². The second-order valence-electron chi connectivity index (χ2n) is 8.40. The molecule has 0 aromatic heterocycles. The molecular formula is C25H27FN4O4. The van der Waals surface area contributed by atoms with Crippen molar-refractivity contribution in [3.8, 4) is 0 Å². The van der Waals surface area contributed by atoms with Crippen LogP contribution in [0.4, 0.5) is 4.39 Å². The summed E-state index contributed by atoms with van der Waals surface area (Å²) < 4.78 is 13.0. The van der Waals surface area contributed by atoms with Crippen molar-refractivity contribution in [3.63, 3.8) is 0 Å². The van der Waals surface area contributed by atoms with Crippen molar-refractivity contribution in [1.82, 2.24) is 20.0 Å². The summed E-state index contributed by atoms with van der Waals surface area (Å²) in [5, 5.41) is 2.82. The Morgan fingerprint density at radius 3 is 2.09 bits per heavy atom. The minimum Gasteiger partial charge on any atom is -0.351 e. The molecule has 178 valence electrons. The lowest BCUT2D eigenvalue weighted by Gasteiger charge is -2.34. The number of halogens is 1. The first kappa shape index (κ1) is 23.6. The second-order valence-corrected chi connectivity index (χ2v) is 8.40. The van der Waals surface area contributed by atoms with Gasteiger partial charge in [0.1, 0.15) is 5.82 Å². The van der Waals surface area contributed by atoms with Crippen LogP contribution in [0.3, 0.4) is 0 Å². The van der Waals surface area contributed by atoms with Gasteiger partial charge in [0.25, 0.3) is 17.7 Å². The normalized spacial score (nSPS) is 16.0. The van der Waals surface area contributed by atoms with Crippen LogP contribution in [0.25, 0.3) is 0 Å². The molecule has 2 aromatic carbocycles. The monoisotopic (exact) mass is 466 g/mol. The van der Waals surface area contributed by atoms with E-state index in [9.17, 15) is 23.6 Å². The Bertz CT molecular complexity index is 1050. The van der Waals surface area contributed by atoms with E-state index in [1.165, 1.54) is 29.2 Å². The van der Waals surface area contributed by atoms with Crippen molar-refractivity contribution in [3.05, 3.63) is 71.0 Å². The average Bonchev–Trinajstić information content (AvgIpc) is 3.09. The summed E-state index contributed by atoms with van der Waals surface area (Å²) in [6.45, 7) is 3.95. The van der Waals surface area contributed by atoms with Crippen LogP contribution in [0, 0.1) is 5.82 Å². The fourth-order valence-electron chi connectivity index (χ4n) is 4.24. The maximum Gasteiger partial charge on any atom is 0.261 e. The van der Waals surface area contributed by atoms with E-state index in [0.29, 0.717) is 62.4 Å². The van der Waals surface area contributed by atoms with Crippen LogP contribution in [-0.2, 0) is 4.79 Å². The van der Waals surface area contributed by atoms with Crippen LogP contribution >= 0.6 is 0 Å². The zero-order valence-corrected chi connectivity index (χ0v) is 18.8. The molecule has 0 aliphatic carbocycles. The second kappa shape index (κ2) is 10.6. The molecule has 1 N–H and O–H groups in total. The lowest BCUT2D eigenvalue weighted by atomic mass is 10.1. The molecule has 0 spiro atoms. The summed E-state index contributed by atoms with van der Waals surface area (Å²) in [5.74, 6) is -1.21. The Hall–Kier alpha value is -3.59. The summed E-state index contributed by atoms with van der Waals surface area (Å²) in [5.41, 5.74) is 1.26. The van der Waals surface area contributed by atoms with Gasteiger partial charge in [0.2, 0.25) is 5.91 Å². The first-order valence-corrected chi connectivity index (χ1v) is 11.4. The van der Waals surface area contributed by atoms with E-state index in [2.05, 4.69) is 10.2 Å². The number of benzene rings is 2. The topological polar surface area (TPSA) is 90.0 Å². The molecule has 0 unspecified atom stereocenters. The number of carbonyl (C=O) groups is 4.